The molecule has 0 atom stereocenters. The monoisotopic (exact) mass is 340 g/mol. The van der Waals surface area contributed by atoms with Crippen molar-refractivity contribution < 1.29 is 5.11 Å². The summed E-state index contributed by atoms with van der Waals surface area (Å²) < 4.78 is 0. The summed E-state index contributed by atoms with van der Waals surface area (Å²) in [6.45, 7) is 3.63. The van der Waals surface area contributed by atoms with Gasteiger partial charge in [0.2, 0.25) is 0 Å². The largest absolute Gasteiger partial charge is 0.398 e. The van der Waals surface area contributed by atoms with Gasteiger partial charge in [0.15, 0.2) is 0 Å². The average Bonchev–Trinajstić information content (AvgIpc) is 2.96. The van der Waals surface area contributed by atoms with Crippen LogP contribution in [0.2, 0.25) is 0 Å². The Balaban J connectivity index is 2.01. The van der Waals surface area contributed by atoms with E-state index in [9.17, 15) is 5.11 Å². The van der Waals surface area contributed by atoms with Crippen LogP contribution in [0.15, 0.2) is 54.6 Å². The summed E-state index contributed by atoms with van der Waals surface area (Å²) in [5, 5.41) is 14.8. The van der Waals surface area contributed by atoms with Gasteiger partial charge in [-0.3, -0.25) is 0 Å². The van der Waals surface area contributed by atoms with Crippen molar-refractivity contribution in [1.82, 2.24) is 0 Å². The van der Waals surface area contributed by atoms with Crippen molar-refractivity contribution in [2.75, 3.05) is 11.5 Å². The van der Waals surface area contributed by atoms with Crippen LogP contribution in [-0.2, 0) is 5.60 Å². The fraction of sp³-hybridized carbons (Fsp3) is 0.130. The van der Waals surface area contributed by atoms with Gasteiger partial charge < -0.3 is 16.6 Å². The third kappa shape index (κ3) is 1.76. The van der Waals surface area contributed by atoms with Crippen LogP contribution in [0.1, 0.15) is 19.4 Å². The second-order valence-electron chi connectivity index (χ2n) is 7.57. The van der Waals surface area contributed by atoms with Crippen molar-refractivity contribution in [2.24, 2.45) is 0 Å². The third-order valence-electron chi connectivity index (χ3n) is 5.53. The maximum atomic E-state index is 10.6. The highest BCUT2D eigenvalue weighted by molar-refractivity contribution is 6.26. The van der Waals surface area contributed by atoms with E-state index >= 15 is 0 Å². The first-order valence-electron chi connectivity index (χ1n) is 8.78. The van der Waals surface area contributed by atoms with E-state index in [2.05, 4.69) is 18.2 Å². The molecule has 3 heteroatoms. The average molecular weight is 340 g/mol. The predicted octanol–water partition coefficient (Wildman–Crippen LogP) is 5.03. The molecule has 4 aromatic carbocycles. The van der Waals surface area contributed by atoms with Crippen molar-refractivity contribution in [2.45, 2.75) is 19.4 Å². The van der Waals surface area contributed by atoms with Gasteiger partial charge in [-0.15, -0.1) is 0 Å². The Kier molecular flexibility index (Phi) is 2.80. The van der Waals surface area contributed by atoms with Gasteiger partial charge in [-0.2, -0.15) is 0 Å². The van der Waals surface area contributed by atoms with Gasteiger partial charge in [-0.25, -0.2) is 0 Å². The van der Waals surface area contributed by atoms with Crippen molar-refractivity contribution >= 4 is 32.9 Å². The minimum absolute atomic E-state index is 0.762. The van der Waals surface area contributed by atoms with Crippen LogP contribution < -0.4 is 11.5 Å². The molecule has 1 aliphatic carbocycles. The first-order chi connectivity index (χ1) is 12.4. The van der Waals surface area contributed by atoms with Gasteiger partial charge in [-0.1, -0.05) is 54.6 Å². The summed E-state index contributed by atoms with van der Waals surface area (Å²) in [7, 11) is 0. The summed E-state index contributed by atoms with van der Waals surface area (Å²) in [4.78, 5) is 0. The molecule has 0 bridgehead atoms. The number of hydrogen-bond acceptors (Lipinski definition) is 3. The summed E-state index contributed by atoms with van der Waals surface area (Å²) in [6, 6.07) is 18.3. The molecule has 1 aliphatic rings. The minimum atomic E-state index is -0.923. The molecule has 0 saturated heterocycles. The second kappa shape index (κ2) is 4.77. The van der Waals surface area contributed by atoms with E-state index in [0.29, 0.717) is 0 Å². The molecule has 0 heterocycles. The van der Waals surface area contributed by atoms with Crippen molar-refractivity contribution in [3.05, 3.63) is 60.2 Å². The van der Waals surface area contributed by atoms with E-state index in [1.165, 1.54) is 0 Å². The molecule has 0 amide bonds. The molecule has 0 saturated carbocycles. The zero-order valence-corrected chi connectivity index (χ0v) is 14.8. The molecular weight excluding hydrogens is 320 g/mol. The van der Waals surface area contributed by atoms with E-state index in [1.54, 1.807) is 0 Å². The maximum absolute atomic E-state index is 10.6. The van der Waals surface area contributed by atoms with Crippen LogP contribution in [0.25, 0.3) is 43.8 Å². The lowest BCUT2D eigenvalue weighted by atomic mass is 9.90. The Labute approximate surface area is 151 Å². The topological polar surface area (TPSA) is 72.3 Å². The molecule has 0 unspecified atom stereocenters. The molecule has 0 aromatic heterocycles. The smallest absolute Gasteiger partial charge is 0.0846 e. The van der Waals surface area contributed by atoms with Crippen molar-refractivity contribution in [3.63, 3.8) is 0 Å². The van der Waals surface area contributed by atoms with Crippen LogP contribution in [0, 0.1) is 0 Å². The second-order valence-corrected chi connectivity index (χ2v) is 7.57. The zero-order valence-electron chi connectivity index (χ0n) is 14.8. The quantitative estimate of drug-likeness (QED) is 0.296. The Hall–Kier alpha value is -3.04. The van der Waals surface area contributed by atoms with E-state index in [-0.39, 0.29) is 0 Å². The van der Waals surface area contributed by atoms with Crippen molar-refractivity contribution in [3.8, 4) is 22.3 Å². The number of nitrogens with two attached hydrogens (primary N) is 2. The highest BCUT2D eigenvalue weighted by Gasteiger charge is 2.30. The van der Waals surface area contributed by atoms with Crippen LogP contribution in [0.3, 0.4) is 0 Å². The Morgan fingerprint density at radius 1 is 0.692 bits per heavy atom. The van der Waals surface area contributed by atoms with E-state index in [0.717, 1.165) is 60.7 Å². The molecule has 0 radical (unpaired) electrons. The van der Waals surface area contributed by atoms with Gasteiger partial charge >= 0.3 is 0 Å². The van der Waals surface area contributed by atoms with Gasteiger partial charge in [-0.05, 0) is 41.3 Å². The maximum Gasteiger partial charge on any atom is 0.0846 e. The highest BCUT2D eigenvalue weighted by Crippen LogP contribution is 2.55. The standard InChI is InChI=1S/C23H20N2O/c1-23(2,26)17-11-10-16-18-14(17)8-5-9-15(18)19-20(16)22(25)13-7-4-3-6-12(13)21(19)24/h3-11,26H,24-25H2,1-2H3. The first-order valence-corrected chi connectivity index (χ1v) is 8.78. The Bertz CT molecular complexity index is 1180. The predicted molar refractivity (Wildman–Crippen MR) is 110 cm³/mol. The normalized spacial score (nSPS) is 12.7. The third-order valence-corrected chi connectivity index (χ3v) is 5.53. The molecule has 128 valence electrons. The summed E-state index contributed by atoms with van der Waals surface area (Å²) >= 11 is 0. The van der Waals surface area contributed by atoms with Crippen LogP contribution >= 0.6 is 0 Å². The molecule has 26 heavy (non-hydrogen) atoms. The number of nitrogen functional groups attached to an aromatic ring is 2. The highest BCUT2D eigenvalue weighted by atomic mass is 16.3. The first kappa shape index (κ1) is 15.2. The summed E-state index contributed by atoms with van der Waals surface area (Å²) in [5.41, 5.74) is 18.9. The minimum Gasteiger partial charge on any atom is -0.398 e. The zero-order chi connectivity index (χ0) is 18.2. The number of aliphatic hydroxyl groups is 1. The van der Waals surface area contributed by atoms with E-state index in [4.69, 9.17) is 11.5 Å². The Morgan fingerprint density at radius 2 is 1.23 bits per heavy atom. The van der Waals surface area contributed by atoms with Gasteiger partial charge in [0.25, 0.3) is 0 Å². The van der Waals surface area contributed by atoms with Crippen molar-refractivity contribution in [1.29, 1.82) is 0 Å². The number of anilines is 2. The summed E-state index contributed by atoms with van der Waals surface area (Å²) in [6.07, 6.45) is 0. The molecule has 5 rings (SSSR count). The molecule has 4 aromatic rings. The summed E-state index contributed by atoms with van der Waals surface area (Å²) in [5.74, 6) is 0. The molecule has 5 N–H and O–H groups in total. The fourth-order valence-electron chi connectivity index (χ4n) is 4.41. The lowest BCUT2D eigenvalue weighted by molar-refractivity contribution is 0.0802. The number of rotatable bonds is 1. The van der Waals surface area contributed by atoms with Gasteiger partial charge in [0.05, 0.1) is 5.60 Å². The van der Waals surface area contributed by atoms with Crippen LogP contribution in [0.4, 0.5) is 11.4 Å². The SMILES string of the molecule is CC(C)(O)c1ccc2c3c(cccc13)-c1c-2c(N)c2ccccc2c1N. The van der Waals surface area contributed by atoms with E-state index < -0.39 is 5.60 Å². The van der Waals surface area contributed by atoms with Gasteiger partial charge in [0, 0.05) is 33.3 Å². The lowest BCUT2D eigenvalue weighted by Gasteiger charge is -2.21. The van der Waals surface area contributed by atoms with Crippen LogP contribution in [-0.4, -0.2) is 5.11 Å². The molecule has 0 fully saturated rings. The molecular formula is C23H20N2O. The number of hydrogen-bond donors (Lipinski definition) is 3. The fourth-order valence-corrected chi connectivity index (χ4v) is 4.41. The molecule has 0 aliphatic heterocycles. The number of benzene rings is 4. The van der Waals surface area contributed by atoms with Gasteiger partial charge in [0.1, 0.15) is 0 Å². The lowest BCUT2D eigenvalue weighted by Crippen LogP contribution is -2.15. The number of fused-ring (bicyclic) bond motifs is 4. The van der Waals surface area contributed by atoms with E-state index in [1.807, 2.05) is 50.2 Å². The molecule has 0 spiro atoms. The van der Waals surface area contributed by atoms with Crippen LogP contribution in [0.5, 0.6) is 0 Å². The Morgan fingerprint density at radius 3 is 1.81 bits per heavy atom. The molecule has 3 nitrogen and oxygen atoms in total.